The Balaban J connectivity index is 1.64. The molecule has 2 N–H and O–H groups in total. The van der Waals surface area contributed by atoms with Gasteiger partial charge >= 0.3 is 0 Å². The molecule has 2 rings (SSSR count). The van der Waals surface area contributed by atoms with Crippen molar-refractivity contribution in [1.82, 2.24) is 25.3 Å². The van der Waals surface area contributed by atoms with Crippen LogP contribution in [0.1, 0.15) is 18.9 Å². The smallest absolute Gasteiger partial charge is 0.191 e. The minimum absolute atomic E-state index is 0.816. The third kappa shape index (κ3) is 7.00. The SMILES string of the molecule is CCNC(=NCCCN1CCOCC1)NCCn1cc(C)cn1. The summed E-state index contributed by atoms with van der Waals surface area (Å²) in [5.41, 5.74) is 1.19. The van der Waals surface area contributed by atoms with E-state index in [1.807, 2.05) is 17.1 Å². The molecule has 1 aliphatic heterocycles. The standard InChI is InChI=1S/C16H30N6O/c1-3-17-16(19-6-8-22-14-15(2)13-20-22)18-5-4-7-21-9-11-23-12-10-21/h13-14H,3-12H2,1-2H3,(H2,17,18,19). The fraction of sp³-hybridized carbons (Fsp3) is 0.750. The van der Waals surface area contributed by atoms with Gasteiger partial charge in [0.25, 0.3) is 0 Å². The predicted molar refractivity (Wildman–Crippen MR) is 92.8 cm³/mol. The summed E-state index contributed by atoms with van der Waals surface area (Å²) in [7, 11) is 0. The molecule has 0 aromatic carbocycles. The third-order valence-electron chi connectivity index (χ3n) is 3.75. The van der Waals surface area contributed by atoms with Crippen LogP contribution in [0.25, 0.3) is 0 Å². The molecular formula is C16H30N6O. The van der Waals surface area contributed by atoms with E-state index < -0.39 is 0 Å². The van der Waals surface area contributed by atoms with E-state index in [2.05, 4.69) is 39.5 Å². The van der Waals surface area contributed by atoms with E-state index in [1.165, 1.54) is 5.56 Å². The van der Waals surface area contributed by atoms with Gasteiger partial charge in [0.15, 0.2) is 5.96 Å². The first-order valence-electron chi connectivity index (χ1n) is 8.59. The Morgan fingerprint density at radius 2 is 2.13 bits per heavy atom. The maximum atomic E-state index is 5.36. The lowest BCUT2D eigenvalue weighted by Gasteiger charge is -2.26. The van der Waals surface area contributed by atoms with Gasteiger partial charge in [-0.3, -0.25) is 14.6 Å². The summed E-state index contributed by atoms with van der Waals surface area (Å²) in [4.78, 5) is 7.08. The van der Waals surface area contributed by atoms with Gasteiger partial charge in [0.2, 0.25) is 0 Å². The summed E-state index contributed by atoms with van der Waals surface area (Å²) in [6.07, 6.45) is 5.01. The Morgan fingerprint density at radius 1 is 1.30 bits per heavy atom. The molecule has 0 atom stereocenters. The van der Waals surface area contributed by atoms with Crippen molar-refractivity contribution in [3.63, 3.8) is 0 Å². The van der Waals surface area contributed by atoms with Crippen LogP contribution < -0.4 is 10.6 Å². The Morgan fingerprint density at radius 3 is 2.83 bits per heavy atom. The number of nitrogens with one attached hydrogen (secondary N) is 2. The zero-order valence-corrected chi connectivity index (χ0v) is 14.4. The third-order valence-corrected chi connectivity index (χ3v) is 3.75. The van der Waals surface area contributed by atoms with Crippen LogP contribution in [-0.4, -0.2) is 73.1 Å². The Kier molecular flexibility index (Phi) is 7.89. The van der Waals surface area contributed by atoms with Gasteiger partial charge in [0, 0.05) is 45.5 Å². The molecule has 7 heteroatoms. The molecule has 23 heavy (non-hydrogen) atoms. The van der Waals surface area contributed by atoms with Crippen LogP contribution in [0.2, 0.25) is 0 Å². The molecule has 0 bridgehead atoms. The number of hydrogen-bond donors (Lipinski definition) is 2. The molecule has 130 valence electrons. The summed E-state index contributed by atoms with van der Waals surface area (Å²) < 4.78 is 7.31. The largest absolute Gasteiger partial charge is 0.379 e. The fourth-order valence-corrected chi connectivity index (χ4v) is 2.53. The molecule has 0 radical (unpaired) electrons. The second-order valence-corrected chi connectivity index (χ2v) is 5.78. The zero-order chi connectivity index (χ0) is 16.3. The topological polar surface area (TPSA) is 66.7 Å². The number of hydrogen-bond acceptors (Lipinski definition) is 4. The van der Waals surface area contributed by atoms with Crippen LogP contribution in [0.3, 0.4) is 0 Å². The summed E-state index contributed by atoms with van der Waals surface area (Å²) in [6, 6.07) is 0. The first-order valence-corrected chi connectivity index (χ1v) is 8.59. The average Bonchev–Trinajstić information content (AvgIpc) is 2.98. The van der Waals surface area contributed by atoms with Crippen LogP contribution in [-0.2, 0) is 11.3 Å². The lowest BCUT2D eigenvalue weighted by molar-refractivity contribution is 0.0377. The van der Waals surface area contributed by atoms with E-state index in [4.69, 9.17) is 4.74 Å². The molecule has 2 heterocycles. The van der Waals surface area contributed by atoms with Crippen LogP contribution in [0.15, 0.2) is 17.4 Å². The number of morpholine rings is 1. The Bertz CT molecular complexity index is 467. The van der Waals surface area contributed by atoms with Crippen LogP contribution >= 0.6 is 0 Å². The molecule has 1 aromatic rings. The van der Waals surface area contributed by atoms with Gasteiger partial charge in [-0.15, -0.1) is 0 Å². The van der Waals surface area contributed by atoms with Crippen LogP contribution in [0.4, 0.5) is 0 Å². The van der Waals surface area contributed by atoms with Crippen LogP contribution in [0, 0.1) is 6.92 Å². The van der Waals surface area contributed by atoms with Gasteiger partial charge in [-0.1, -0.05) is 0 Å². The number of rotatable bonds is 8. The van der Waals surface area contributed by atoms with E-state index in [0.717, 1.165) is 71.4 Å². The summed E-state index contributed by atoms with van der Waals surface area (Å²) in [5, 5.41) is 10.9. The molecule has 0 amide bonds. The van der Waals surface area contributed by atoms with Gasteiger partial charge in [0.1, 0.15) is 0 Å². The van der Waals surface area contributed by atoms with Crippen molar-refractivity contribution >= 4 is 5.96 Å². The second-order valence-electron chi connectivity index (χ2n) is 5.78. The number of aromatic nitrogens is 2. The van der Waals surface area contributed by atoms with Crippen molar-refractivity contribution in [3.05, 3.63) is 18.0 Å². The van der Waals surface area contributed by atoms with E-state index in [1.54, 1.807) is 0 Å². The number of guanidine groups is 1. The highest BCUT2D eigenvalue weighted by atomic mass is 16.5. The van der Waals surface area contributed by atoms with E-state index in [9.17, 15) is 0 Å². The van der Waals surface area contributed by atoms with Gasteiger partial charge in [-0.25, -0.2) is 0 Å². The first kappa shape index (κ1) is 17.7. The maximum absolute atomic E-state index is 5.36. The lowest BCUT2D eigenvalue weighted by Crippen LogP contribution is -2.39. The molecule has 0 saturated carbocycles. The number of nitrogens with zero attached hydrogens (tertiary/aromatic N) is 4. The minimum Gasteiger partial charge on any atom is -0.379 e. The molecule has 1 saturated heterocycles. The van der Waals surface area contributed by atoms with Crippen molar-refractivity contribution in [1.29, 1.82) is 0 Å². The van der Waals surface area contributed by atoms with Gasteiger partial charge in [0.05, 0.1) is 26.0 Å². The molecular weight excluding hydrogens is 292 g/mol. The number of aliphatic imine (C=N–C) groups is 1. The van der Waals surface area contributed by atoms with E-state index in [-0.39, 0.29) is 0 Å². The van der Waals surface area contributed by atoms with Crippen molar-refractivity contribution < 1.29 is 4.74 Å². The molecule has 1 aromatic heterocycles. The predicted octanol–water partition coefficient (Wildman–Crippen LogP) is 0.469. The zero-order valence-electron chi connectivity index (χ0n) is 14.4. The Hall–Kier alpha value is -1.60. The average molecular weight is 322 g/mol. The fourth-order valence-electron chi connectivity index (χ4n) is 2.53. The molecule has 0 aliphatic carbocycles. The highest BCUT2D eigenvalue weighted by molar-refractivity contribution is 5.79. The first-order chi connectivity index (χ1) is 11.3. The lowest BCUT2D eigenvalue weighted by atomic mass is 10.3. The molecule has 7 nitrogen and oxygen atoms in total. The van der Waals surface area contributed by atoms with E-state index >= 15 is 0 Å². The van der Waals surface area contributed by atoms with Crippen LogP contribution in [0.5, 0.6) is 0 Å². The highest BCUT2D eigenvalue weighted by Crippen LogP contribution is 1.98. The minimum atomic E-state index is 0.816. The highest BCUT2D eigenvalue weighted by Gasteiger charge is 2.08. The van der Waals surface area contributed by atoms with Crippen molar-refractivity contribution in [2.45, 2.75) is 26.8 Å². The van der Waals surface area contributed by atoms with Gasteiger partial charge in [-0.05, 0) is 25.8 Å². The monoisotopic (exact) mass is 322 g/mol. The van der Waals surface area contributed by atoms with Crippen molar-refractivity contribution in [2.75, 3.05) is 52.5 Å². The summed E-state index contributed by atoms with van der Waals surface area (Å²) >= 11 is 0. The maximum Gasteiger partial charge on any atom is 0.191 e. The van der Waals surface area contributed by atoms with Gasteiger partial charge < -0.3 is 15.4 Å². The summed E-state index contributed by atoms with van der Waals surface area (Å²) in [5.74, 6) is 0.887. The van der Waals surface area contributed by atoms with Crippen molar-refractivity contribution in [3.8, 4) is 0 Å². The molecule has 0 spiro atoms. The van der Waals surface area contributed by atoms with E-state index in [0.29, 0.717) is 0 Å². The molecule has 1 aliphatic rings. The number of ether oxygens (including phenoxy) is 1. The quantitative estimate of drug-likeness (QED) is 0.414. The summed E-state index contributed by atoms with van der Waals surface area (Å²) in [6.45, 7) is 12.4. The normalized spacial score (nSPS) is 16.5. The second kappa shape index (κ2) is 10.2. The molecule has 0 unspecified atom stereocenters. The van der Waals surface area contributed by atoms with Crippen molar-refractivity contribution in [2.24, 2.45) is 4.99 Å². The van der Waals surface area contributed by atoms with Gasteiger partial charge in [-0.2, -0.15) is 5.10 Å². The Labute approximate surface area is 139 Å². The number of aryl methyl sites for hydroxylation is 1. The molecule has 1 fully saturated rings.